The Hall–Kier alpha value is -0.960. The van der Waals surface area contributed by atoms with E-state index in [0.29, 0.717) is 0 Å². The maximum atomic E-state index is 4.38. The predicted octanol–water partition coefficient (Wildman–Crippen LogP) is 2.53. The molecule has 90 valence electrons. The molecule has 0 bridgehead atoms. The number of hydrogen-bond donors (Lipinski definition) is 1. The van der Waals surface area contributed by atoms with Gasteiger partial charge in [-0.2, -0.15) is 0 Å². The molecule has 3 nitrogen and oxygen atoms in total. The van der Waals surface area contributed by atoms with Crippen molar-refractivity contribution in [3.05, 3.63) is 24.3 Å². The van der Waals surface area contributed by atoms with Gasteiger partial charge in [-0.3, -0.25) is 9.97 Å². The number of rotatable bonds is 4. The molecular weight excluding hydrogens is 198 g/mol. The zero-order chi connectivity index (χ0) is 12.2. The summed E-state index contributed by atoms with van der Waals surface area (Å²) in [4.78, 5) is 8.50. The van der Waals surface area contributed by atoms with Gasteiger partial charge in [0.25, 0.3) is 0 Å². The number of nitrogens with one attached hydrogen (secondary N) is 1. The molecule has 0 aliphatic rings. The van der Waals surface area contributed by atoms with Crippen LogP contribution in [-0.2, 0) is 5.41 Å². The van der Waals surface area contributed by atoms with Crippen molar-refractivity contribution in [2.75, 3.05) is 6.54 Å². The summed E-state index contributed by atoms with van der Waals surface area (Å²) in [6, 6.07) is 0. The van der Waals surface area contributed by atoms with E-state index < -0.39 is 0 Å². The lowest BCUT2D eigenvalue weighted by atomic mass is 9.85. The molecule has 1 aromatic rings. The van der Waals surface area contributed by atoms with Crippen LogP contribution in [0.3, 0.4) is 0 Å². The summed E-state index contributed by atoms with van der Waals surface area (Å²) in [5, 5.41) is 3.50. The fourth-order valence-electron chi connectivity index (χ4n) is 1.53. The van der Waals surface area contributed by atoms with Crippen LogP contribution >= 0.6 is 0 Å². The minimum absolute atomic E-state index is 0.0759. The Kier molecular flexibility index (Phi) is 4.03. The maximum Gasteiger partial charge on any atom is 0.0643 e. The topological polar surface area (TPSA) is 37.8 Å². The zero-order valence-electron chi connectivity index (χ0n) is 11.0. The van der Waals surface area contributed by atoms with Crippen molar-refractivity contribution in [1.82, 2.24) is 15.3 Å². The molecular formula is C13H23N3. The van der Waals surface area contributed by atoms with Gasteiger partial charge in [-0.15, -0.1) is 0 Å². The third-order valence-corrected chi connectivity index (χ3v) is 2.66. The molecule has 0 aliphatic heterocycles. The normalized spacial score (nSPS) is 12.8. The maximum absolute atomic E-state index is 4.38. The van der Waals surface area contributed by atoms with Crippen LogP contribution in [0.5, 0.6) is 0 Å². The van der Waals surface area contributed by atoms with Crippen molar-refractivity contribution in [1.29, 1.82) is 0 Å². The number of nitrogens with zero attached hydrogens (tertiary/aromatic N) is 2. The highest BCUT2D eigenvalue weighted by atomic mass is 14.9. The molecule has 1 aromatic heterocycles. The van der Waals surface area contributed by atoms with E-state index in [1.54, 1.807) is 12.4 Å². The van der Waals surface area contributed by atoms with E-state index in [2.05, 4.69) is 49.9 Å². The van der Waals surface area contributed by atoms with Crippen LogP contribution in [0.25, 0.3) is 0 Å². The predicted molar refractivity (Wildman–Crippen MR) is 67.4 cm³/mol. The fourth-order valence-corrected chi connectivity index (χ4v) is 1.53. The highest BCUT2D eigenvalue weighted by Crippen LogP contribution is 2.23. The Morgan fingerprint density at radius 3 is 2.31 bits per heavy atom. The Labute approximate surface area is 98.7 Å². The lowest BCUT2D eigenvalue weighted by molar-refractivity contribution is 0.375. The fraction of sp³-hybridized carbons (Fsp3) is 0.692. The lowest BCUT2D eigenvalue weighted by Crippen LogP contribution is -2.38. The van der Waals surface area contributed by atoms with Gasteiger partial charge in [0.1, 0.15) is 0 Å². The van der Waals surface area contributed by atoms with Crippen molar-refractivity contribution in [2.24, 2.45) is 0 Å². The molecule has 0 aromatic carbocycles. The van der Waals surface area contributed by atoms with Crippen molar-refractivity contribution in [2.45, 2.75) is 52.0 Å². The van der Waals surface area contributed by atoms with Gasteiger partial charge in [-0.1, -0.05) is 13.8 Å². The second kappa shape index (κ2) is 4.91. The van der Waals surface area contributed by atoms with E-state index in [0.717, 1.165) is 18.7 Å². The minimum atomic E-state index is 0.0759. The van der Waals surface area contributed by atoms with E-state index in [1.807, 2.05) is 6.20 Å². The molecule has 1 rings (SSSR count). The summed E-state index contributed by atoms with van der Waals surface area (Å²) in [6.45, 7) is 12.0. The Morgan fingerprint density at radius 1 is 1.12 bits per heavy atom. The van der Waals surface area contributed by atoms with Crippen molar-refractivity contribution < 1.29 is 0 Å². The Morgan fingerprint density at radius 2 is 1.81 bits per heavy atom. The van der Waals surface area contributed by atoms with Gasteiger partial charge in [-0.05, 0) is 33.7 Å². The molecule has 0 atom stereocenters. The number of hydrogen-bond acceptors (Lipinski definition) is 3. The summed E-state index contributed by atoms with van der Waals surface area (Å²) >= 11 is 0. The average molecular weight is 221 g/mol. The molecule has 1 N–H and O–H groups in total. The molecule has 0 saturated heterocycles. The first-order chi connectivity index (χ1) is 7.31. The van der Waals surface area contributed by atoms with Crippen LogP contribution in [0.4, 0.5) is 0 Å². The first-order valence-corrected chi connectivity index (χ1v) is 5.83. The van der Waals surface area contributed by atoms with Crippen LogP contribution in [0, 0.1) is 0 Å². The highest BCUT2D eigenvalue weighted by Gasteiger charge is 2.22. The van der Waals surface area contributed by atoms with Gasteiger partial charge in [0.15, 0.2) is 0 Å². The zero-order valence-corrected chi connectivity index (χ0v) is 11.0. The minimum Gasteiger partial charge on any atom is -0.312 e. The van der Waals surface area contributed by atoms with E-state index >= 15 is 0 Å². The quantitative estimate of drug-likeness (QED) is 0.849. The van der Waals surface area contributed by atoms with Gasteiger partial charge in [-0.25, -0.2) is 0 Å². The monoisotopic (exact) mass is 221 g/mol. The van der Waals surface area contributed by atoms with E-state index in [-0.39, 0.29) is 11.0 Å². The molecule has 3 heteroatoms. The van der Waals surface area contributed by atoms with Gasteiger partial charge in [0.2, 0.25) is 0 Å². The smallest absolute Gasteiger partial charge is 0.0643 e. The summed E-state index contributed by atoms with van der Waals surface area (Å²) in [7, 11) is 0. The first kappa shape index (κ1) is 13.1. The molecule has 0 amide bonds. The van der Waals surface area contributed by atoms with Gasteiger partial charge in [0.05, 0.1) is 5.69 Å². The van der Waals surface area contributed by atoms with Crippen LogP contribution in [-0.4, -0.2) is 22.1 Å². The van der Waals surface area contributed by atoms with Gasteiger partial charge >= 0.3 is 0 Å². The summed E-state index contributed by atoms with van der Waals surface area (Å²) < 4.78 is 0. The molecule has 0 unspecified atom stereocenters. The van der Waals surface area contributed by atoms with E-state index in [1.165, 1.54) is 0 Å². The Bertz CT molecular complexity index is 312. The third kappa shape index (κ3) is 4.27. The SMILES string of the molecule is CC(C)(C)NCCC(C)(C)c1cnccn1. The molecule has 0 radical (unpaired) electrons. The average Bonchev–Trinajstić information content (AvgIpc) is 2.17. The third-order valence-electron chi connectivity index (χ3n) is 2.66. The van der Waals surface area contributed by atoms with Crippen molar-refractivity contribution >= 4 is 0 Å². The van der Waals surface area contributed by atoms with Crippen molar-refractivity contribution in [3.8, 4) is 0 Å². The molecule has 0 spiro atoms. The van der Waals surface area contributed by atoms with Gasteiger partial charge < -0.3 is 5.32 Å². The van der Waals surface area contributed by atoms with E-state index in [9.17, 15) is 0 Å². The molecule has 0 saturated carbocycles. The summed E-state index contributed by atoms with van der Waals surface area (Å²) in [5.41, 5.74) is 1.32. The Balaban J connectivity index is 2.53. The molecule has 16 heavy (non-hydrogen) atoms. The highest BCUT2D eigenvalue weighted by molar-refractivity contribution is 5.09. The second-order valence-corrected chi connectivity index (χ2v) is 5.90. The molecule has 1 heterocycles. The number of aromatic nitrogens is 2. The van der Waals surface area contributed by atoms with Gasteiger partial charge in [0, 0.05) is 29.5 Å². The van der Waals surface area contributed by atoms with Crippen LogP contribution in [0.2, 0.25) is 0 Å². The summed E-state index contributed by atoms with van der Waals surface area (Å²) in [6.07, 6.45) is 6.39. The van der Waals surface area contributed by atoms with Crippen molar-refractivity contribution in [3.63, 3.8) is 0 Å². The summed E-state index contributed by atoms with van der Waals surface area (Å²) in [5.74, 6) is 0. The second-order valence-electron chi connectivity index (χ2n) is 5.90. The van der Waals surface area contributed by atoms with Crippen LogP contribution in [0.15, 0.2) is 18.6 Å². The van der Waals surface area contributed by atoms with E-state index in [4.69, 9.17) is 0 Å². The van der Waals surface area contributed by atoms with Crippen LogP contribution < -0.4 is 5.32 Å². The van der Waals surface area contributed by atoms with Crippen LogP contribution in [0.1, 0.15) is 46.7 Å². The molecule has 0 fully saturated rings. The standard InChI is InChI=1S/C13H23N3/c1-12(2,3)16-7-6-13(4,5)11-10-14-8-9-15-11/h8-10,16H,6-7H2,1-5H3. The molecule has 0 aliphatic carbocycles. The first-order valence-electron chi connectivity index (χ1n) is 5.83. The lowest BCUT2D eigenvalue weighted by Gasteiger charge is -2.27. The largest absolute Gasteiger partial charge is 0.312 e.